The Hall–Kier alpha value is -3.17. The number of urea groups is 1. The molecule has 10 heteroatoms. The number of ether oxygens (including phenoxy) is 1. The second kappa shape index (κ2) is 8.68. The average molecular weight is 420 g/mol. The van der Waals surface area contributed by atoms with Crippen LogP contribution in [0.4, 0.5) is 14.0 Å². The molecule has 2 aliphatic heterocycles. The van der Waals surface area contributed by atoms with Crippen molar-refractivity contribution in [3.05, 3.63) is 35.6 Å². The topological polar surface area (TPSA) is 99.3 Å². The first-order valence-electron chi connectivity index (χ1n) is 9.92. The summed E-state index contributed by atoms with van der Waals surface area (Å²) in [6.45, 7) is 4.55. The first-order chi connectivity index (χ1) is 14.3. The van der Waals surface area contributed by atoms with E-state index >= 15 is 0 Å². The minimum Gasteiger partial charge on any atom is -0.450 e. The standard InChI is InChI=1S/C20H25FN4O5/c1-3-20(14-5-7-15(21)8-6-14)17(27)25(18(28)22-20)13-16(26)23-9-11-24(12-10-23)19(29)30-4-2/h5-8H,3-4,9-13H2,1-2H3,(H,22,28). The number of benzene rings is 1. The molecule has 162 valence electrons. The molecule has 1 aromatic rings. The Morgan fingerprint density at radius 1 is 1.07 bits per heavy atom. The third-order valence-electron chi connectivity index (χ3n) is 5.49. The van der Waals surface area contributed by atoms with Crippen LogP contribution in [-0.4, -0.2) is 78.0 Å². The van der Waals surface area contributed by atoms with E-state index in [1.165, 1.54) is 34.1 Å². The highest BCUT2D eigenvalue weighted by Gasteiger charge is 2.51. The molecule has 1 aromatic carbocycles. The van der Waals surface area contributed by atoms with E-state index in [1.807, 2.05) is 0 Å². The molecular weight excluding hydrogens is 395 g/mol. The largest absolute Gasteiger partial charge is 0.450 e. The molecule has 2 fully saturated rings. The van der Waals surface area contributed by atoms with Crippen LogP contribution in [0, 0.1) is 5.82 Å². The Morgan fingerprint density at radius 3 is 2.23 bits per heavy atom. The molecule has 5 amide bonds. The lowest BCUT2D eigenvalue weighted by molar-refractivity contribution is -0.140. The molecule has 0 spiro atoms. The number of carbonyl (C=O) groups is 4. The van der Waals surface area contributed by atoms with E-state index in [9.17, 15) is 23.6 Å². The molecule has 1 N–H and O–H groups in total. The molecule has 9 nitrogen and oxygen atoms in total. The number of hydrogen-bond donors (Lipinski definition) is 1. The molecule has 0 radical (unpaired) electrons. The highest BCUT2D eigenvalue weighted by atomic mass is 19.1. The number of imide groups is 1. The summed E-state index contributed by atoms with van der Waals surface area (Å²) < 4.78 is 18.2. The Morgan fingerprint density at radius 2 is 1.67 bits per heavy atom. The fourth-order valence-electron chi connectivity index (χ4n) is 3.73. The summed E-state index contributed by atoms with van der Waals surface area (Å²) in [5, 5.41) is 2.67. The summed E-state index contributed by atoms with van der Waals surface area (Å²) in [7, 11) is 0. The molecule has 0 aromatic heterocycles. The zero-order valence-electron chi connectivity index (χ0n) is 17.0. The third-order valence-corrected chi connectivity index (χ3v) is 5.49. The van der Waals surface area contributed by atoms with Crippen LogP contribution in [0.15, 0.2) is 24.3 Å². The smallest absolute Gasteiger partial charge is 0.409 e. The van der Waals surface area contributed by atoms with Gasteiger partial charge in [-0.05, 0) is 31.0 Å². The molecule has 2 aliphatic rings. The molecule has 1 unspecified atom stereocenters. The van der Waals surface area contributed by atoms with Crippen molar-refractivity contribution in [1.29, 1.82) is 0 Å². The normalized spacial score (nSPS) is 21.6. The van der Waals surface area contributed by atoms with Gasteiger partial charge in [-0.2, -0.15) is 0 Å². The van der Waals surface area contributed by atoms with Gasteiger partial charge < -0.3 is 19.9 Å². The van der Waals surface area contributed by atoms with Gasteiger partial charge in [0.15, 0.2) is 0 Å². The van der Waals surface area contributed by atoms with Gasteiger partial charge in [-0.1, -0.05) is 19.1 Å². The Bertz CT molecular complexity index is 838. The molecule has 2 saturated heterocycles. The second-order valence-electron chi connectivity index (χ2n) is 7.15. The van der Waals surface area contributed by atoms with Crippen molar-refractivity contribution < 1.29 is 28.3 Å². The van der Waals surface area contributed by atoms with Gasteiger partial charge in [0.05, 0.1) is 6.61 Å². The Kier molecular flexibility index (Phi) is 6.23. The number of piperazine rings is 1. The second-order valence-corrected chi connectivity index (χ2v) is 7.15. The van der Waals surface area contributed by atoms with Crippen molar-refractivity contribution in [2.75, 3.05) is 39.3 Å². The molecule has 0 aliphatic carbocycles. The number of carbonyl (C=O) groups excluding carboxylic acids is 4. The van der Waals surface area contributed by atoms with Gasteiger partial charge in [-0.25, -0.2) is 14.0 Å². The fraction of sp³-hybridized carbons (Fsp3) is 0.500. The molecular formula is C20H25FN4O5. The molecule has 0 saturated carbocycles. The summed E-state index contributed by atoms with van der Waals surface area (Å²) in [6.07, 6.45) is -0.169. The van der Waals surface area contributed by atoms with Gasteiger partial charge in [-0.15, -0.1) is 0 Å². The van der Waals surface area contributed by atoms with Crippen LogP contribution >= 0.6 is 0 Å². The summed E-state index contributed by atoms with van der Waals surface area (Å²) in [5.74, 6) is -1.37. The molecule has 30 heavy (non-hydrogen) atoms. The quantitative estimate of drug-likeness (QED) is 0.724. The van der Waals surface area contributed by atoms with Crippen LogP contribution in [0.25, 0.3) is 0 Å². The molecule has 2 heterocycles. The Labute approximate surface area is 173 Å². The van der Waals surface area contributed by atoms with Crippen molar-refractivity contribution in [2.24, 2.45) is 0 Å². The van der Waals surface area contributed by atoms with Crippen LogP contribution in [-0.2, 0) is 19.9 Å². The predicted octanol–water partition coefficient (Wildman–Crippen LogP) is 1.28. The maximum Gasteiger partial charge on any atom is 0.409 e. The lowest BCUT2D eigenvalue weighted by Crippen LogP contribution is -2.53. The number of amides is 5. The first kappa shape index (κ1) is 21.5. The lowest BCUT2D eigenvalue weighted by Gasteiger charge is -2.34. The molecule has 3 rings (SSSR count). The number of nitrogens with zero attached hydrogens (tertiary/aromatic N) is 3. The van der Waals surface area contributed by atoms with Gasteiger partial charge in [0.2, 0.25) is 5.91 Å². The van der Waals surface area contributed by atoms with Crippen LogP contribution in [0.1, 0.15) is 25.8 Å². The monoisotopic (exact) mass is 420 g/mol. The third kappa shape index (κ3) is 3.94. The Balaban J connectivity index is 1.66. The SMILES string of the molecule is CCOC(=O)N1CCN(C(=O)CN2C(=O)NC(CC)(c3ccc(F)cc3)C2=O)CC1. The summed E-state index contributed by atoms with van der Waals surface area (Å²) in [4.78, 5) is 54.0. The lowest BCUT2D eigenvalue weighted by atomic mass is 9.87. The molecule has 0 bridgehead atoms. The van der Waals surface area contributed by atoms with Gasteiger partial charge in [0, 0.05) is 26.2 Å². The fourth-order valence-corrected chi connectivity index (χ4v) is 3.73. The van der Waals surface area contributed by atoms with E-state index in [2.05, 4.69) is 5.32 Å². The minimum absolute atomic E-state index is 0.256. The number of rotatable bonds is 5. The van der Waals surface area contributed by atoms with Gasteiger partial charge in [0.25, 0.3) is 5.91 Å². The summed E-state index contributed by atoms with van der Waals surface area (Å²) in [5.41, 5.74) is -0.865. The van der Waals surface area contributed by atoms with Gasteiger partial charge >= 0.3 is 12.1 Å². The van der Waals surface area contributed by atoms with E-state index in [1.54, 1.807) is 13.8 Å². The number of hydrogen-bond acceptors (Lipinski definition) is 5. The van der Waals surface area contributed by atoms with Crippen LogP contribution in [0.5, 0.6) is 0 Å². The zero-order valence-corrected chi connectivity index (χ0v) is 17.0. The minimum atomic E-state index is -1.33. The van der Waals surface area contributed by atoms with Crippen molar-refractivity contribution >= 4 is 23.9 Å². The van der Waals surface area contributed by atoms with E-state index in [-0.39, 0.29) is 32.0 Å². The summed E-state index contributed by atoms with van der Waals surface area (Å²) in [6, 6.07) is 4.70. The first-order valence-corrected chi connectivity index (χ1v) is 9.92. The predicted molar refractivity (Wildman–Crippen MR) is 104 cm³/mol. The van der Waals surface area contributed by atoms with Gasteiger partial charge in [-0.3, -0.25) is 14.5 Å². The van der Waals surface area contributed by atoms with E-state index in [0.29, 0.717) is 18.7 Å². The maximum atomic E-state index is 13.3. The van der Waals surface area contributed by atoms with Crippen molar-refractivity contribution in [1.82, 2.24) is 20.0 Å². The van der Waals surface area contributed by atoms with Crippen molar-refractivity contribution in [3.8, 4) is 0 Å². The maximum absolute atomic E-state index is 13.3. The van der Waals surface area contributed by atoms with Crippen LogP contribution in [0.3, 0.4) is 0 Å². The van der Waals surface area contributed by atoms with Crippen molar-refractivity contribution in [3.63, 3.8) is 0 Å². The number of halogens is 1. The van der Waals surface area contributed by atoms with E-state index in [0.717, 1.165) is 4.90 Å². The van der Waals surface area contributed by atoms with E-state index < -0.39 is 35.9 Å². The van der Waals surface area contributed by atoms with E-state index in [4.69, 9.17) is 4.74 Å². The van der Waals surface area contributed by atoms with Gasteiger partial charge in [0.1, 0.15) is 17.9 Å². The van der Waals surface area contributed by atoms with Crippen LogP contribution < -0.4 is 5.32 Å². The van der Waals surface area contributed by atoms with Crippen LogP contribution in [0.2, 0.25) is 0 Å². The average Bonchev–Trinajstić information content (AvgIpc) is 2.99. The number of nitrogens with one attached hydrogen (secondary N) is 1. The highest BCUT2D eigenvalue weighted by molar-refractivity contribution is 6.09. The summed E-state index contributed by atoms with van der Waals surface area (Å²) >= 11 is 0. The van der Waals surface area contributed by atoms with Crippen molar-refractivity contribution in [2.45, 2.75) is 25.8 Å². The molecule has 1 atom stereocenters. The highest BCUT2D eigenvalue weighted by Crippen LogP contribution is 2.32. The zero-order chi connectivity index (χ0) is 21.9.